The van der Waals surface area contributed by atoms with Crippen LogP contribution in [-0.4, -0.2) is 73.2 Å². The van der Waals surface area contributed by atoms with Gasteiger partial charge in [0.2, 0.25) is 5.91 Å². The zero-order valence-corrected chi connectivity index (χ0v) is 15.9. The van der Waals surface area contributed by atoms with Gasteiger partial charge in [0.1, 0.15) is 30.7 Å². The van der Waals surface area contributed by atoms with Crippen molar-refractivity contribution < 1.29 is 34.8 Å². The number of hydrogen-bond acceptors (Lipinski definition) is 9. The van der Waals surface area contributed by atoms with Gasteiger partial charge in [-0.05, 0) is 18.9 Å². The van der Waals surface area contributed by atoms with Gasteiger partial charge in [0.15, 0.2) is 12.0 Å². The third-order valence-electron chi connectivity index (χ3n) is 4.67. The van der Waals surface area contributed by atoms with E-state index in [0.717, 1.165) is 17.4 Å². The molecule has 162 valence electrons. The minimum absolute atomic E-state index is 0.0523. The lowest BCUT2D eigenvalue weighted by Crippen LogP contribution is -2.36. The number of unbranched alkanes of at least 4 members (excludes halogenated alkanes) is 3. The molecular formula is C18H27N3O8. The molecule has 0 bridgehead atoms. The maximum Gasteiger partial charge on any atom is 0.351 e. The van der Waals surface area contributed by atoms with E-state index in [0.29, 0.717) is 19.3 Å². The number of carbonyl (C=O) groups is 2. The van der Waals surface area contributed by atoms with Crippen LogP contribution in [0.5, 0.6) is 0 Å². The summed E-state index contributed by atoms with van der Waals surface area (Å²) in [6, 6.07) is 1.37. The molecule has 1 aliphatic rings. The van der Waals surface area contributed by atoms with E-state index in [9.17, 15) is 24.6 Å². The van der Waals surface area contributed by atoms with Crippen molar-refractivity contribution in [3.05, 3.63) is 22.7 Å². The number of carbonyl (C=O) groups excluding carboxylic acids is 2. The molecule has 1 amide bonds. The lowest BCUT2D eigenvalue weighted by Gasteiger charge is -2.17. The highest BCUT2D eigenvalue weighted by Gasteiger charge is 2.43. The molecule has 0 spiro atoms. The van der Waals surface area contributed by atoms with E-state index in [1.54, 1.807) is 0 Å². The molecule has 11 nitrogen and oxygen atoms in total. The highest BCUT2D eigenvalue weighted by atomic mass is 16.6. The molecule has 0 aliphatic carbocycles. The zero-order valence-electron chi connectivity index (χ0n) is 15.9. The average molecular weight is 413 g/mol. The summed E-state index contributed by atoms with van der Waals surface area (Å²) in [5, 5.41) is 40.0. The Labute approximate surface area is 167 Å². The maximum absolute atomic E-state index is 12.2. The highest BCUT2D eigenvalue weighted by molar-refractivity contribution is 5.89. The summed E-state index contributed by atoms with van der Waals surface area (Å²) in [4.78, 5) is 38.8. The van der Waals surface area contributed by atoms with Crippen molar-refractivity contribution in [2.75, 3.05) is 18.5 Å². The first kappa shape index (κ1) is 23.1. The Hall–Kier alpha value is -2.18. The zero-order chi connectivity index (χ0) is 21.4. The van der Waals surface area contributed by atoms with Gasteiger partial charge in [-0.2, -0.15) is 4.98 Å². The van der Waals surface area contributed by atoms with Crippen LogP contribution in [0.1, 0.15) is 44.8 Å². The first-order chi connectivity index (χ1) is 13.9. The first-order valence-corrected chi connectivity index (χ1v) is 9.51. The van der Waals surface area contributed by atoms with Gasteiger partial charge in [0, 0.05) is 19.0 Å². The van der Waals surface area contributed by atoms with E-state index in [4.69, 9.17) is 14.9 Å². The summed E-state index contributed by atoms with van der Waals surface area (Å²) in [5.74, 6) is -0.453. The largest absolute Gasteiger partial charge is 0.394 e. The van der Waals surface area contributed by atoms with Crippen LogP contribution in [-0.2, 0) is 14.3 Å². The number of rotatable bonds is 11. The monoisotopic (exact) mass is 413 g/mol. The SMILES string of the molecule is O=C(CO)CCCCCCC(=O)Nc1ccn([C@@H]2O[C@H](CO)[C@@H](O)[C@@H]2O)c(=O)n1. The fraction of sp³-hybridized carbons (Fsp3) is 0.667. The number of nitrogens with one attached hydrogen (secondary N) is 1. The molecule has 5 N–H and O–H groups in total. The Morgan fingerprint density at radius 3 is 2.38 bits per heavy atom. The predicted molar refractivity (Wildman–Crippen MR) is 99.9 cm³/mol. The fourth-order valence-electron chi connectivity index (χ4n) is 3.03. The van der Waals surface area contributed by atoms with Gasteiger partial charge in [-0.3, -0.25) is 14.2 Å². The maximum atomic E-state index is 12.2. The van der Waals surface area contributed by atoms with E-state index < -0.39 is 43.4 Å². The molecule has 0 saturated carbocycles. The quantitative estimate of drug-likeness (QED) is 0.276. The van der Waals surface area contributed by atoms with Gasteiger partial charge < -0.3 is 30.5 Å². The summed E-state index contributed by atoms with van der Waals surface area (Å²) in [7, 11) is 0. The highest BCUT2D eigenvalue weighted by Crippen LogP contribution is 2.28. The van der Waals surface area contributed by atoms with Crippen LogP contribution < -0.4 is 11.0 Å². The number of aromatic nitrogens is 2. The molecule has 1 saturated heterocycles. The van der Waals surface area contributed by atoms with Crippen LogP contribution in [0.4, 0.5) is 5.82 Å². The predicted octanol–water partition coefficient (Wildman–Crippen LogP) is -1.30. The van der Waals surface area contributed by atoms with Crippen molar-refractivity contribution in [3.8, 4) is 0 Å². The van der Waals surface area contributed by atoms with Crippen molar-refractivity contribution >= 4 is 17.5 Å². The van der Waals surface area contributed by atoms with Crippen LogP contribution in [0.3, 0.4) is 0 Å². The summed E-state index contributed by atoms with van der Waals surface area (Å²) < 4.78 is 6.26. The van der Waals surface area contributed by atoms with Crippen LogP contribution in [0.25, 0.3) is 0 Å². The Morgan fingerprint density at radius 1 is 1.10 bits per heavy atom. The van der Waals surface area contributed by atoms with Gasteiger partial charge in [0.05, 0.1) is 6.61 Å². The average Bonchev–Trinajstić information content (AvgIpc) is 2.98. The minimum Gasteiger partial charge on any atom is -0.394 e. The number of ether oxygens (including phenoxy) is 1. The number of ketones is 1. The van der Waals surface area contributed by atoms with Gasteiger partial charge >= 0.3 is 5.69 Å². The number of Topliss-reactive ketones (excluding diaryl/α,β-unsaturated/α-hetero) is 1. The Morgan fingerprint density at radius 2 is 1.79 bits per heavy atom. The summed E-state index contributed by atoms with van der Waals surface area (Å²) in [6.45, 7) is -0.953. The number of amides is 1. The Bertz CT molecular complexity index is 753. The van der Waals surface area contributed by atoms with E-state index >= 15 is 0 Å². The third kappa shape index (κ3) is 6.41. The van der Waals surface area contributed by atoms with E-state index in [1.165, 1.54) is 12.3 Å². The number of aliphatic hydroxyl groups excluding tert-OH is 4. The van der Waals surface area contributed by atoms with Crippen LogP contribution in [0, 0.1) is 0 Å². The normalized spacial score (nSPS) is 23.9. The smallest absolute Gasteiger partial charge is 0.351 e. The molecule has 2 heterocycles. The van der Waals surface area contributed by atoms with Gasteiger partial charge in [-0.15, -0.1) is 0 Å². The molecule has 0 unspecified atom stereocenters. The lowest BCUT2D eigenvalue weighted by atomic mass is 10.1. The van der Waals surface area contributed by atoms with Crippen LogP contribution in [0.2, 0.25) is 0 Å². The van der Waals surface area contributed by atoms with E-state index in [-0.39, 0.29) is 23.9 Å². The number of aliphatic hydroxyl groups is 4. The molecule has 1 aromatic heterocycles. The molecule has 0 aromatic carbocycles. The molecular weight excluding hydrogens is 386 g/mol. The van der Waals surface area contributed by atoms with Crippen molar-refractivity contribution in [1.82, 2.24) is 9.55 Å². The Balaban J connectivity index is 1.81. The Kier molecular flexibility index (Phi) is 8.86. The van der Waals surface area contributed by atoms with Crippen molar-refractivity contribution in [2.45, 2.75) is 63.1 Å². The molecule has 1 aliphatic heterocycles. The van der Waals surface area contributed by atoms with Crippen LogP contribution >= 0.6 is 0 Å². The van der Waals surface area contributed by atoms with Crippen molar-refractivity contribution in [3.63, 3.8) is 0 Å². The molecule has 1 aromatic rings. The van der Waals surface area contributed by atoms with Gasteiger partial charge in [-0.25, -0.2) is 4.79 Å². The minimum atomic E-state index is -1.40. The summed E-state index contributed by atoms with van der Waals surface area (Å²) >= 11 is 0. The third-order valence-corrected chi connectivity index (χ3v) is 4.67. The number of nitrogens with zero attached hydrogens (tertiary/aromatic N) is 2. The molecule has 4 atom stereocenters. The topological polar surface area (TPSA) is 171 Å². The standard InChI is InChI=1S/C18H27N3O8/c22-9-11(24)5-3-1-2-4-6-14(25)19-13-7-8-21(18(28)20-13)17-16(27)15(26)12(10-23)29-17/h7-8,12,15-17,22-23,26-27H,1-6,9-10H2,(H,19,20,25,28)/t12-,15-,16+,17-/m1/s1. The van der Waals surface area contributed by atoms with Crippen molar-refractivity contribution in [1.29, 1.82) is 0 Å². The second kappa shape index (κ2) is 11.1. The van der Waals surface area contributed by atoms with Gasteiger partial charge in [-0.1, -0.05) is 12.8 Å². The van der Waals surface area contributed by atoms with Crippen LogP contribution in [0.15, 0.2) is 17.1 Å². The summed E-state index contributed by atoms with van der Waals surface area (Å²) in [6.07, 6.45) is -0.287. The fourth-order valence-corrected chi connectivity index (χ4v) is 3.03. The summed E-state index contributed by atoms with van der Waals surface area (Å²) in [5.41, 5.74) is -0.786. The second-order valence-electron chi connectivity index (χ2n) is 6.89. The first-order valence-electron chi connectivity index (χ1n) is 9.51. The van der Waals surface area contributed by atoms with E-state index in [2.05, 4.69) is 10.3 Å². The lowest BCUT2D eigenvalue weighted by molar-refractivity contribution is -0.122. The molecule has 11 heteroatoms. The van der Waals surface area contributed by atoms with E-state index in [1.807, 2.05) is 0 Å². The number of anilines is 1. The van der Waals surface area contributed by atoms with Crippen molar-refractivity contribution in [2.24, 2.45) is 0 Å². The number of hydrogen-bond donors (Lipinski definition) is 5. The molecule has 0 radical (unpaired) electrons. The molecule has 1 fully saturated rings. The molecule has 29 heavy (non-hydrogen) atoms. The second-order valence-corrected chi connectivity index (χ2v) is 6.89. The molecule has 2 rings (SSSR count). The van der Waals surface area contributed by atoms with Gasteiger partial charge in [0.25, 0.3) is 0 Å².